The number of nitrogens with zero attached hydrogens (tertiary/aromatic N) is 3. The molecule has 9 heteroatoms. The number of carboxylic acid groups (broad SMARTS) is 1. The lowest BCUT2D eigenvalue weighted by atomic mass is 10.00. The lowest BCUT2D eigenvalue weighted by Gasteiger charge is -2.29. The molecular formula is C27H24N4O5. The van der Waals surface area contributed by atoms with Crippen molar-refractivity contribution in [2.24, 2.45) is 0 Å². The molecule has 2 aliphatic rings. The van der Waals surface area contributed by atoms with Crippen LogP contribution in [0.15, 0.2) is 59.1 Å². The van der Waals surface area contributed by atoms with Crippen LogP contribution in [0.2, 0.25) is 0 Å². The van der Waals surface area contributed by atoms with Gasteiger partial charge in [0.25, 0.3) is 11.8 Å². The zero-order chi connectivity index (χ0) is 25.0. The Hall–Kier alpha value is -4.40. The molecule has 182 valence electrons. The molecular weight excluding hydrogens is 460 g/mol. The van der Waals surface area contributed by atoms with Gasteiger partial charge < -0.3 is 24.4 Å². The largest absolute Gasteiger partial charge is 0.478 e. The number of rotatable bonds is 5. The highest BCUT2D eigenvalue weighted by Gasteiger charge is 2.51. The second kappa shape index (κ2) is 8.08. The van der Waals surface area contributed by atoms with Gasteiger partial charge in [-0.3, -0.25) is 9.59 Å². The van der Waals surface area contributed by atoms with Crippen LogP contribution in [-0.2, 0) is 18.5 Å². The fourth-order valence-electron chi connectivity index (χ4n) is 5.12. The highest BCUT2D eigenvalue weighted by Crippen LogP contribution is 2.51. The first-order chi connectivity index (χ1) is 17.4. The third-order valence-electron chi connectivity index (χ3n) is 7.42. The van der Waals surface area contributed by atoms with E-state index >= 15 is 0 Å². The Morgan fingerprint density at radius 2 is 1.86 bits per heavy atom. The maximum absolute atomic E-state index is 13.6. The normalized spacial score (nSPS) is 16.0. The molecule has 0 unspecified atom stereocenters. The van der Waals surface area contributed by atoms with Crippen LogP contribution in [0.3, 0.4) is 0 Å². The first-order valence-corrected chi connectivity index (χ1v) is 11.8. The smallest absolute Gasteiger partial charge is 0.335 e. The Balaban J connectivity index is 1.24. The van der Waals surface area contributed by atoms with Crippen molar-refractivity contribution < 1.29 is 24.0 Å². The van der Waals surface area contributed by atoms with Gasteiger partial charge in [0, 0.05) is 36.5 Å². The van der Waals surface area contributed by atoms with E-state index in [1.165, 1.54) is 0 Å². The van der Waals surface area contributed by atoms with Gasteiger partial charge in [-0.25, -0.2) is 4.79 Å². The Morgan fingerprint density at radius 3 is 2.56 bits per heavy atom. The summed E-state index contributed by atoms with van der Waals surface area (Å²) < 4.78 is 5.51. The quantitative estimate of drug-likeness (QED) is 0.445. The van der Waals surface area contributed by atoms with Gasteiger partial charge in [0.2, 0.25) is 0 Å². The maximum Gasteiger partial charge on any atom is 0.335 e. The van der Waals surface area contributed by atoms with Crippen molar-refractivity contribution in [1.82, 2.24) is 19.9 Å². The van der Waals surface area contributed by atoms with Crippen LogP contribution in [0.25, 0.3) is 10.9 Å². The Labute approximate surface area is 206 Å². The van der Waals surface area contributed by atoms with Crippen LogP contribution in [-0.4, -0.2) is 56.4 Å². The minimum atomic E-state index is -0.989. The summed E-state index contributed by atoms with van der Waals surface area (Å²) in [6, 6.07) is 16.2. The molecule has 6 rings (SSSR count). The number of H-pyrrole nitrogens is 1. The minimum Gasteiger partial charge on any atom is -0.478 e. The molecule has 0 atom stereocenters. The molecule has 2 amide bonds. The summed E-state index contributed by atoms with van der Waals surface area (Å²) in [4.78, 5) is 44.6. The Morgan fingerprint density at radius 1 is 1.11 bits per heavy atom. The van der Waals surface area contributed by atoms with E-state index in [0.29, 0.717) is 30.0 Å². The number of benzene rings is 2. The van der Waals surface area contributed by atoms with Gasteiger partial charge in [0.1, 0.15) is 11.5 Å². The molecule has 0 saturated heterocycles. The molecule has 1 fully saturated rings. The van der Waals surface area contributed by atoms with Gasteiger partial charge in [0.05, 0.1) is 17.6 Å². The number of amides is 2. The maximum atomic E-state index is 13.6. The van der Waals surface area contributed by atoms with E-state index in [-0.39, 0.29) is 29.6 Å². The van der Waals surface area contributed by atoms with Gasteiger partial charge in [0.15, 0.2) is 5.69 Å². The molecule has 0 radical (unpaired) electrons. The Kier molecular flexibility index (Phi) is 4.96. The molecule has 0 spiro atoms. The number of aromatic carboxylic acids is 1. The summed E-state index contributed by atoms with van der Waals surface area (Å²) in [5.74, 6) is -0.776. The molecule has 3 heterocycles. The van der Waals surface area contributed by atoms with Gasteiger partial charge in [-0.1, -0.05) is 35.5 Å². The second-order valence-corrected chi connectivity index (χ2v) is 9.46. The van der Waals surface area contributed by atoms with E-state index in [0.717, 1.165) is 29.3 Å². The summed E-state index contributed by atoms with van der Waals surface area (Å²) in [6.45, 7) is 0.710. The van der Waals surface area contributed by atoms with Crippen molar-refractivity contribution in [3.8, 4) is 0 Å². The Bertz CT molecular complexity index is 1480. The van der Waals surface area contributed by atoms with Crippen molar-refractivity contribution in [1.29, 1.82) is 0 Å². The summed E-state index contributed by atoms with van der Waals surface area (Å²) in [6.07, 6.45) is 2.02. The number of carbonyl (C=O) groups excluding carboxylic acids is 2. The number of hydrogen-bond acceptors (Lipinski definition) is 5. The third-order valence-corrected chi connectivity index (χ3v) is 7.42. The second-order valence-electron chi connectivity index (χ2n) is 9.46. The highest BCUT2D eigenvalue weighted by atomic mass is 16.5. The number of para-hydroxylation sites is 1. The monoisotopic (exact) mass is 484 g/mol. The topological polar surface area (TPSA) is 120 Å². The van der Waals surface area contributed by atoms with Gasteiger partial charge >= 0.3 is 5.97 Å². The molecule has 1 saturated carbocycles. The first-order valence-electron chi connectivity index (χ1n) is 11.8. The van der Waals surface area contributed by atoms with Crippen LogP contribution in [0.4, 0.5) is 0 Å². The number of aromatic amines is 1. The first kappa shape index (κ1) is 22.1. The zero-order valence-electron chi connectivity index (χ0n) is 19.7. The van der Waals surface area contributed by atoms with Crippen molar-refractivity contribution in [2.75, 3.05) is 13.6 Å². The third kappa shape index (κ3) is 3.46. The van der Waals surface area contributed by atoms with Crippen molar-refractivity contribution in [3.63, 3.8) is 0 Å². The molecule has 2 aromatic heterocycles. The van der Waals surface area contributed by atoms with E-state index in [9.17, 15) is 19.5 Å². The fraction of sp³-hybridized carbons (Fsp3) is 0.259. The molecule has 0 bridgehead atoms. The molecule has 2 N–H and O–H groups in total. The molecule has 36 heavy (non-hydrogen) atoms. The average Bonchev–Trinajstić information content (AvgIpc) is 3.42. The number of carbonyl (C=O) groups is 3. The number of nitrogens with one attached hydrogen (secondary N) is 1. The van der Waals surface area contributed by atoms with Crippen LogP contribution in [0, 0.1) is 0 Å². The molecule has 1 aliphatic heterocycles. The molecule has 9 nitrogen and oxygen atoms in total. The van der Waals surface area contributed by atoms with E-state index in [2.05, 4.69) is 10.1 Å². The molecule has 4 aromatic rings. The molecule has 1 aliphatic carbocycles. The summed E-state index contributed by atoms with van der Waals surface area (Å²) in [5.41, 5.74) is 2.84. The van der Waals surface area contributed by atoms with E-state index < -0.39 is 11.5 Å². The van der Waals surface area contributed by atoms with Crippen LogP contribution >= 0.6 is 0 Å². The highest BCUT2D eigenvalue weighted by molar-refractivity contribution is 5.99. The predicted octanol–water partition coefficient (Wildman–Crippen LogP) is 3.81. The number of fused-ring (bicyclic) bond motifs is 2. The van der Waals surface area contributed by atoms with E-state index in [1.807, 2.05) is 30.3 Å². The predicted molar refractivity (Wildman–Crippen MR) is 130 cm³/mol. The van der Waals surface area contributed by atoms with Crippen molar-refractivity contribution in [2.45, 2.75) is 31.3 Å². The van der Waals surface area contributed by atoms with E-state index in [1.54, 1.807) is 41.1 Å². The van der Waals surface area contributed by atoms with Gasteiger partial charge in [-0.15, -0.1) is 0 Å². The van der Waals surface area contributed by atoms with Crippen molar-refractivity contribution in [3.05, 3.63) is 88.4 Å². The van der Waals surface area contributed by atoms with E-state index in [4.69, 9.17) is 4.52 Å². The van der Waals surface area contributed by atoms with Gasteiger partial charge in [-0.2, -0.15) is 0 Å². The van der Waals surface area contributed by atoms with Crippen LogP contribution < -0.4 is 0 Å². The summed E-state index contributed by atoms with van der Waals surface area (Å²) in [5, 5.41) is 14.3. The standard InChI is InChI=1S/C27H24N4O5/c1-30(27(11-12-27)18-8-6-16(7-9-18)26(34)35)25(33)23-19-15-31(13-10-22(19)36-29-23)24(32)21-14-17-4-2-3-5-20(17)28-21/h2-9,14,28H,10-13,15H2,1H3,(H,34,35). The molecule has 2 aromatic carbocycles. The summed E-state index contributed by atoms with van der Waals surface area (Å²) in [7, 11) is 1.73. The SMILES string of the molecule is CN(C(=O)c1noc2c1CN(C(=O)c1cc3ccccc3[nH]1)CC2)C1(c2ccc(C(=O)O)cc2)CC1. The fourth-order valence-corrected chi connectivity index (χ4v) is 5.12. The average molecular weight is 485 g/mol. The van der Waals surface area contributed by atoms with Crippen LogP contribution in [0.1, 0.15) is 61.1 Å². The number of aromatic nitrogens is 2. The minimum absolute atomic E-state index is 0.137. The van der Waals surface area contributed by atoms with Gasteiger partial charge in [-0.05, 0) is 42.7 Å². The lowest BCUT2D eigenvalue weighted by molar-refractivity contribution is 0.0677. The zero-order valence-corrected chi connectivity index (χ0v) is 19.7. The lowest BCUT2D eigenvalue weighted by Crippen LogP contribution is -2.39. The number of hydrogen-bond donors (Lipinski definition) is 2. The summed E-state index contributed by atoms with van der Waals surface area (Å²) >= 11 is 0. The number of carboxylic acids is 1. The van der Waals surface area contributed by atoms with Crippen molar-refractivity contribution >= 4 is 28.7 Å². The van der Waals surface area contributed by atoms with Crippen LogP contribution in [0.5, 0.6) is 0 Å².